The molecule has 4 aromatic rings. The zero-order chi connectivity index (χ0) is 19.8. The van der Waals surface area contributed by atoms with Crippen LogP contribution in [0.15, 0.2) is 47.7 Å². The number of amides is 1. The van der Waals surface area contributed by atoms with Crippen LogP contribution in [0.5, 0.6) is 0 Å². The third-order valence-corrected chi connectivity index (χ3v) is 6.03. The lowest BCUT2D eigenvalue weighted by atomic mass is 10.1. The van der Waals surface area contributed by atoms with E-state index in [2.05, 4.69) is 15.3 Å². The second kappa shape index (κ2) is 7.16. The molecule has 1 amide bonds. The number of para-hydroxylation sites is 1. The van der Waals surface area contributed by atoms with E-state index in [1.807, 2.05) is 51.1 Å². The molecule has 0 aliphatic carbocycles. The Bertz CT molecular complexity index is 1240. The highest BCUT2D eigenvalue weighted by Gasteiger charge is 2.23. The van der Waals surface area contributed by atoms with Crippen LogP contribution in [-0.4, -0.2) is 20.4 Å². The summed E-state index contributed by atoms with van der Waals surface area (Å²) in [5.74, 6) is -0.220. The molecule has 0 bridgehead atoms. The first-order valence-corrected chi connectivity index (χ1v) is 9.94. The Balaban J connectivity index is 1.76. The van der Waals surface area contributed by atoms with Gasteiger partial charge in [-0.1, -0.05) is 25.1 Å². The topological polar surface area (TPSA) is 76.9 Å². The van der Waals surface area contributed by atoms with E-state index in [4.69, 9.17) is 0 Å². The number of aromatic nitrogens is 3. The highest BCUT2D eigenvalue weighted by Crippen LogP contribution is 2.29. The Hall–Kier alpha value is -3.06. The normalized spacial score (nSPS) is 12.4. The Morgan fingerprint density at radius 2 is 1.93 bits per heavy atom. The van der Waals surface area contributed by atoms with Gasteiger partial charge in [-0.25, -0.2) is 9.97 Å². The lowest BCUT2D eigenvalue weighted by molar-refractivity contribution is -0.119. The van der Waals surface area contributed by atoms with Crippen molar-refractivity contribution in [2.45, 2.75) is 33.2 Å². The van der Waals surface area contributed by atoms with Crippen LogP contribution in [0.3, 0.4) is 0 Å². The molecule has 0 spiro atoms. The molecule has 28 heavy (non-hydrogen) atoms. The number of carbonyl (C=O) groups is 1. The Morgan fingerprint density at radius 3 is 2.64 bits per heavy atom. The van der Waals surface area contributed by atoms with Crippen molar-refractivity contribution in [2.24, 2.45) is 0 Å². The van der Waals surface area contributed by atoms with Gasteiger partial charge in [0.25, 0.3) is 5.56 Å². The van der Waals surface area contributed by atoms with Crippen LogP contribution in [0.25, 0.3) is 20.4 Å². The molecule has 0 aliphatic heterocycles. The first-order valence-electron chi connectivity index (χ1n) is 9.12. The first-order chi connectivity index (χ1) is 13.5. The fraction of sp³-hybridized carbons (Fsp3) is 0.238. The van der Waals surface area contributed by atoms with Gasteiger partial charge in [0.15, 0.2) is 0 Å². The van der Waals surface area contributed by atoms with Gasteiger partial charge in [0, 0.05) is 17.3 Å². The molecule has 1 aromatic carbocycles. The summed E-state index contributed by atoms with van der Waals surface area (Å²) in [5.41, 5.74) is 3.19. The second-order valence-corrected chi connectivity index (χ2v) is 7.77. The number of thiophene rings is 1. The van der Waals surface area contributed by atoms with Crippen LogP contribution in [0, 0.1) is 13.8 Å². The van der Waals surface area contributed by atoms with E-state index in [-0.39, 0.29) is 11.5 Å². The monoisotopic (exact) mass is 392 g/mol. The fourth-order valence-electron chi connectivity index (χ4n) is 3.43. The van der Waals surface area contributed by atoms with Crippen molar-refractivity contribution in [3.63, 3.8) is 0 Å². The third kappa shape index (κ3) is 2.97. The van der Waals surface area contributed by atoms with Gasteiger partial charge >= 0.3 is 0 Å². The highest BCUT2D eigenvalue weighted by atomic mass is 32.1. The van der Waals surface area contributed by atoms with Gasteiger partial charge < -0.3 is 5.32 Å². The van der Waals surface area contributed by atoms with Gasteiger partial charge in [-0.05, 0) is 43.5 Å². The van der Waals surface area contributed by atoms with E-state index in [0.29, 0.717) is 16.6 Å². The first kappa shape index (κ1) is 18.3. The molecule has 0 radical (unpaired) electrons. The van der Waals surface area contributed by atoms with Crippen molar-refractivity contribution in [3.8, 4) is 0 Å². The van der Waals surface area contributed by atoms with Crippen LogP contribution in [0.2, 0.25) is 0 Å². The number of nitrogens with one attached hydrogen (secondary N) is 1. The minimum absolute atomic E-state index is 0.212. The number of anilines is 1. The lowest BCUT2D eigenvalue weighted by Crippen LogP contribution is -2.33. The van der Waals surface area contributed by atoms with E-state index in [1.54, 1.807) is 6.20 Å². The summed E-state index contributed by atoms with van der Waals surface area (Å²) in [6.45, 7) is 5.79. The van der Waals surface area contributed by atoms with Crippen molar-refractivity contribution < 1.29 is 4.79 Å². The van der Waals surface area contributed by atoms with Crippen LogP contribution in [-0.2, 0) is 4.79 Å². The minimum atomic E-state index is -0.637. The SMILES string of the molecule is CC[C@H](C(=O)Nc1c(C)cccc1C)n1cnc2c(sc3ncccc32)c1=O. The van der Waals surface area contributed by atoms with E-state index in [0.717, 1.165) is 27.0 Å². The van der Waals surface area contributed by atoms with Crippen molar-refractivity contribution in [2.75, 3.05) is 5.32 Å². The zero-order valence-corrected chi connectivity index (χ0v) is 16.7. The Morgan fingerprint density at radius 1 is 1.18 bits per heavy atom. The van der Waals surface area contributed by atoms with E-state index in [9.17, 15) is 9.59 Å². The van der Waals surface area contributed by atoms with E-state index in [1.165, 1.54) is 22.2 Å². The average molecular weight is 392 g/mol. The zero-order valence-electron chi connectivity index (χ0n) is 15.9. The molecule has 0 unspecified atom stereocenters. The van der Waals surface area contributed by atoms with Gasteiger partial charge in [0.1, 0.15) is 15.6 Å². The molecule has 0 saturated heterocycles. The molecule has 6 nitrogen and oxygen atoms in total. The molecule has 0 fully saturated rings. The predicted molar refractivity (Wildman–Crippen MR) is 113 cm³/mol. The van der Waals surface area contributed by atoms with Crippen molar-refractivity contribution in [1.82, 2.24) is 14.5 Å². The third-order valence-electron chi connectivity index (χ3n) is 4.93. The standard InChI is InChI=1S/C21H20N4O2S/c1-4-15(19(26)24-16-12(2)7-5-8-13(16)3)25-11-23-17-14-9-6-10-22-20(14)28-18(17)21(25)27/h5-11,15H,4H2,1-3H3,(H,24,26)/t15-/m1/s1. The summed E-state index contributed by atoms with van der Waals surface area (Å²) in [6.07, 6.45) is 3.65. The molecular formula is C21H20N4O2S. The summed E-state index contributed by atoms with van der Waals surface area (Å²) in [6, 6.07) is 8.95. The molecule has 0 aliphatic rings. The summed E-state index contributed by atoms with van der Waals surface area (Å²) in [5, 5.41) is 3.86. The summed E-state index contributed by atoms with van der Waals surface area (Å²) in [4.78, 5) is 35.7. The maximum Gasteiger partial charge on any atom is 0.272 e. The van der Waals surface area contributed by atoms with Crippen LogP contribution < -0.4 is 10.9 Å². The van der Waals surface area contributed by atoms with Crippen molar-refractivity contribution >= 4 is 43.4 Å². The van der Waals surface area contributed by atoms with Gasteiger partial charge in [-0.3, -0.25) is 14.2 Å². The summed E-state index contributed by atoms with van der Waals surface area (Å²) >= 11 is 1.31. The maximum absolute atomic E-state index is 13.1. The fourth-order valence-corrected chi connectivity index (χ4v) is 4.46. The smallest absolute Gasteiger partial charge is 0.272 e. The number of pyridine rings is 1. The number of hydrogen-bond acceptors (Lipinski definition) is 5. The number of carbonyl (C=O) groups excluding carboxylic acids is 1. The average Bonchev–Trinajstić information content (AvgIpc) is 3.07. The summed E-state index contributed by atoms with van der Waals surface area (Å²) in [7, 11) is 0. The van der Waals surface area contributed by atoms with E-state index >= 15 is 0 Å². The quantitative estimate of drug-likeness (QED) is 0.564. The lowest BCUT2D eigenvalue weighted by Gasteiger charge is -2.19. The van der Waals surface area contributed by atoms with Crippen LogP contribution in [0.1, 0.15) is 30.5 Å². The predicted octanol–water partition coefficient (Wildman–Crippen LogP) is 4.21. The van der Waals surface area contributed by atoms with Gasteiger partial charge in [0.05, 0.1) is 11.8 Å². The molecule has 1 atom stereocenters. The second-order valence-electron chi connectivity index (χ2n) is 6.77. The Labute approximate surface area is 165 Å². The maximum atomic E-state index is 13.1. The number of rotatable bonds is 4. The van der Waals surface area contributed by atoms with Crippen LogP contribution in [0.4, 0.5) is 5.69 Å². The largest absolute Gasteiger partial charge is 0.324 e. The van der Waals surface area contributed by atoms with Crippen molar-refractivity contribution in [3.05, 3.63) is 64.3 Å². The Kier molecular flexibility index (Phi) is 4.68. The minimum Gasteiger partial charge on any atom is -0.324 e. The molecule has 3 heterocycles. The summed E-state index contributed by atoms with van der Waals surface area (Å²) < 4.78 is 1.95. The molecule has 3 aromatic heterocycles. The number of aryl methyl sites for hydroxylation is 2. The number of hydrogen-bond donors (Lipinski definition) is 1. The molecule has 7 heteroatoms. The van der Waals surface area contributed by atoms with Gasteiger partial charge in [-0.15, -0.1) is 11.3 Å². The van der Waals surface area contributed by atoms with Crippen molar-refractivity contribution in [1.29, 1.82) is 0 Å². The number of benzene rings is 1. The van der Waals surface area contributed by atoms with Gasteiger partial charge in [0.2, 0.25) is 5.91 Å². The molecule has 142 valence electrons. The molecular weight excluding hydrogens is 372 g/mol. The highest BCUT2D eigenvalue weighted by molar-refractivity contribution is 7.25. The van der Waals surface area contributed by atoms with Gasteiger partial charge in [-0.2, -0.15) is 0 Å². The van der Waals surface area contributed by atoms with E-state index < -0.39 is 6.04 Å². The number of nitrogens with zero attached hydrogens (tertiary/aromatic N) is 3. The molecule has 1 N–H and O–H groups in total. The molecule has 4 rings (SSSR count). The molecule has 0 saturated carbocycles. The van der Waals surface area contributed by atoms with Crippen LogP contribution >= 0.6 is 11.3 Å². The number of fused-ring (bicyclic) bond motifs is 3.